The first-order chi connectivity index (χ1) is 9.15. The summed E-state index contributed by atoms with van der Waals surface area (Å²) in [6.45, 7) is 3.80. The summed E-state index contributed by atoms with van der Waals surface area (Å²) in [7, 11) is 0. The minimum absolute atomic E-state index is 0.239. The maximum Gasteiger partial charge on any atom is 0.293 e. The molecule has 0 atom stereocenters. The van der Waals surface area contributed by atoms with Gasteiger partial charge in [0.05, 0.1) is 4.91 Å². The molecule has 0 radical (unpaired) electrons. The second-order valence-electron chi connectivity index (χ2n) is 3.85. The molecule has 2 rings (SSSR count). The van der Waals surface area contributed by atoms with E-state index >= 15 is 0 Å². The molecule has 0 spiro atoms. The standard InChI is InChI=1S/C14H13NO2S2/c1-3-8-15-13(16)12(19-14(15)17)9-10-4-6-11(18-2)7-5-10/h3-7,9H,1,8H2,2H3. The van der Waals surface area contributed by atoms with Gasteiger partial charge in [0.15, 0.2) is 0 Å². The van der Waals surface area contributed by atoms with E-state index in [9.17, 15) is 9.59 Å². The lowest BCUT2D eigenvalue weighted by molar-refractivity contribution is -0.122. The molecule has 98 valence electrons. The summed E-state index contributed by atoms with van der Waals surface area (Å²) in [5, 5.41) is -0.239. The Morgan fingerprint density at radius 1 is 1.32 bits per heavy atom. The number of imide groups is 1. The Morgan fingerprint density at radius 3 is 2.58 bits per heavy atom. The number of nitrogens with zero attached hydrogens (tertiary/aromatic N) is 1. The molecule has 3 nitrogen and oxygen atoms in total. The Balaban J connectivity index is 2.21. The first-order valence-corrected chi connectivity index (χ1v) is 7.70. The molecule has 5 heteroatoms. The van der Waals surface area contributed by atoms with E-state index in [0.29, 0.717) is 4.91 Å². The number of rotatable bonds is 4. The Hall–Kier alpha value is -1.46. The molecule has 1 heterocycles. The monoisotopic (exact) mass is 291 g/mol. The van der Waals surface area contributed by atoms with Crippen molar-refractivity contribution < 1.29 is 9.59 Å². The summed E-state index contributed by atoms with van der Waals surface area (Å²) in [4.78, 5) is 26.5. The van der Waals surface area contributed by atoms with Crippen LogP contribution in [0.3, 0.4) is 0 Å². The Morgan fingerprint density at radius 2 is 2.00 bits per heavy atom. The molecule has 1 aromatic rings. The van der Waals surface area contributed by atoms with Crippen molar-refractivity contribution in [2.75, 3.05) is 12.8 Å². The van der Waals surface area contributed by atoms with E-state index in [4.69, 9.17) is 0 Å². The molecular formula is C14H13NO2S2. The van der Waals surface area contributed by atoms with Gasteiger partial charge < -0.3 is 0 Å². The zero-order valence-corrected chi connectivity index (χ0v) is 12.1. The van der Waals surface area contributed by atoms with Crippen LogP contribution < -0.4 is 0 Å². The van der Waals surface area contributed by atoms with Crippen LogP contribution >= 0.6 is 23.5 Å². The molecule has 0 N–H and O–H groups in total. The highest BCUT2D eigenvalue weighted by atomic mass is 32.2. The maximum atomic E-state index is 12.0. The summed E-state index contributed by atoms with van der Waals surface area (Å²) in [5.74, 6) is -0.246. The second kappa shape index (κ2) is 6.12. The quantitative estimate of drug-likeness (QED) is 0.482. The molecule has 2 amide bonds. The molecule has 1 aromatic carbocycles. The second-order valence-corrected chi connectivity index (χ2v) is 5.73. The number of hydrogen-bond donors (Lipinski definition) is 0. The first kappa shape index (κ1) is 14.0. The van der Waals surface area contributed by atoms with E-state index in [-0.39, 0.29) is 17.7 Å². The summed E-state index contributed by atoms with van der Waals surface area (Å²) in [5.41, 5.74) is 0.918. The molecule has 1 aliphatic heterocycles. The van der Waals surface area contributed by atoms with Crippen LogP contribution in [0.2, 0.25) is 0 Å². The molecule has 0 unspecified atom stereocenters. The highest BCUT2D eigenvalue weighted by molar-refractivity contribution is 8.18. The van der Waals surface area contributed by atoms with Crippen molar-refractivity contribution in [3.05, 3.63) is 47.4 Å². The predicted octanol–water partition coefficient (Wildman–Crippen LogP) is 3.63. The topological polar surface area (TPSA) is 37.4 Å². The molecule has 1 aliphatic rings. The summed E-state index contributed by atoms with van der Waals surface area (Å²) in [6.07, 6.45) is 5.31. The smallest absolute Gasteiger partial charge is 0.268 e. The minimum atomic E-state index is -0.246. The van der Waals surface area contributed by atoms with Crippen molar-refractivity contribution in [1.82, 2.24) is 4.90 Å². The number of benzene rings is 1. The van der Waals surface area contributed by atoms with Gasteiger partial charge in [-0.1, -0.05) is 18.2 Å². The number of hydrogen-bond acceptors (Lipinski definition) is 4. The van der Waals surface area contributed by atoms with Crippen LogP contribution in [0.4, 0.5) is 4.79 Å². The van der Waals surface area contributed by atoms with Crippen molar-refractivity contribution in [3.8, 4) is 0 Å². The van der Waals surface area contributed by atoms with Crippen LogP contribution in [-0.4, -0.2) is 28.8 Å². The van der Waals surface area contributed by atoms with Crippen molar-refractivity contribution in [1.29, 1.82) is 0 Å². The summed E-state index contributed by atoms with van der Waals surface area (Å²) in [6, 6.07) is 7.86. The molecule has 0 aliphatic carbocycles. The van der Waals surface area contributed by atoms with Crippen molar-refractivity contribution in [2.24, 2.45) is 0 Å². The highest BCUT2D eigenvalue weighted by Crippen LogP contribution is 2.32. The van der Waals surface area contributed by atoms with Gasteiger partial charge in [-0.05, 0) is 41.8 Å². The number of carbonyl (C=O) groups excluding carboxylic acids is 2. The van der Waals surface area contributed by atoms with Crippen LogP contribution in [0.5, 0.6) is 0 Å². The fraction of sp³-hybridized carbons (Fsp3) is 0.143. The lowest BCUT2D eigenvalue weighted by Crippen LogP contribution is -2.27. The Labute approximate surface area is 120 Å². The van der Waals surface area contributed by atoms with Gasteiger partial charge in [0.1, 0.15) is 0 Å². The lowest BCUT2D eigenvalue weighted by atomic mass is 10.2. The van der Waals surface area contributed by atoms with Crippen LogP contribution in [-0.2, 0) is 4.79 Å². The van der Waals surface area contributed by atoms with E-state index in [1.54, 1.807) is 23.9 Å². The van der Waals surface area contributed by atoms with E-state index in [1.807, 2.05) is 30.5 Å². The van der Waals surface area contributed by atoms with Crippen molar-refractivity contribution in [2.45, 2.75) is 4.90 Å². The van der Waals surface area contributed by atoms with Gasteiger partial charge in [-0.15, -0.1) is 18.3 Å². The van der Waals surface area contributed by atoms with Crippen LogP contribution in [0, 0.1) is 0 Å². The lowest BCUT2D eigenvalue weighted by Gasteiger charge is -2.07. The van der Waals surface area contributed by atoms with Crippen LogP contribution in [0.15, 0.2) is 46.7 Å². The maximum absolute atomic E-state index is 12.0. The van der Waals surface area contributed by atoms with E-state index in [0.717, 1.165) is 22.2 Å². The third kappa shape index (κ3) is 3.11. The van der Waals surface area contributed by atoms with E-state index in [1.165, 1.54) is 4.90 Å². The molecule has 19 heavy (non-hydrogen) atoms. The fourth-order valence-electron chi connectivity index (χ4n) is 1.64. The Kier molecular flexibility index (Phi) is 4.50. The first-order valence-electron chi connectivity index (χ1n) is 5.66. The zero-order chi connectivity index (χ0) is 13.8. The molecular weight excluding hydrogens is 278 g/mol. The molecule has 0 saturated carbocycles. The third-order valence-corrected chi connectivity index (χ3v) is 4.25. The molecule has 1 fully saturated rings. The van der Waals surface area contributed by atoms with Crippen molar-refractivity contribution in [3.63, 3.8) is 0 Å². The SMILES string of the molecule is C=CCN1C(=O)SC(=Cc2ccc(SC)cc2)C1=O. The van der Waals surface area contributed by atoms with Gasteiger partial charge in [-0.25, -0.2) is 0 Å². The van der Waals surface area contributed by atoms with E-state index < -0.39 is 0 Å². The van der Waals surface area contributed by atoms with Crippen molar-refractivity contribution >= 4 is 40.7 Å². The van der Waals surface area contributed by atoms with E-state index in [2.05, 4.69) is 6.58 Å². The van der Waals surface area contributed by atoms with Crippen LogP contribution in [0.25, 0.3) is 6.08 Å². The summed E-state index contributed by atoms with van der Waals surface area (Å²) >= 11 is 2.63. The molecule has 0 aromatic heterocycles. The molecule has 1 saturated heterocycles. The van der Waals surface area contributed by atoms with Gasteiger partial charge in [-0.3, -0.25) is 14.5 Å². The normalized spacial score (nSPS) is 17.3. The predicted molar refractivity (Wildman–Crippen MR) is 81.1 cm³/mol. The number of thioether (sulfide) groups is 2. The third-order valence-electron chi connectivity index (χ3n) is 2.60. The number of amides is 2. The van der Waals surface area contributed by atoms with Crippen LogP contribution in [0.1, 0.15) is 5.56 Å². The highest BCUT2D eigenvalue weighted by Gasteiger charge is 2.33. The largest absolute Gasteiger partial charge is 0.293 e. The van der Waals surface area contributed by atoms with Gasteiger partial charge >= 0.3 is 0 Å². The Bertz CT molecular complexity index is 549. The van der Waals surface area contributed by atoms with Gasteiger partial charge in [0, 0.05) is 11.4 Å². The van der Waals surface area contributed by atoms with Gasteiger partial charge in [-0.2, -0.15) is 0 Å². The average molecular weight is 291 g/mol. The summed E-state index contributed by atoms with van der Waals surface area (Å²) < 4.78 is 0. The average Bonchev–Trinajstić information content (AvgIpc) is 2.68. The minimum Gasteiger partial charge on any atom is -0.268 e. The fourth-order valence-corrected chi connectivity index (χ4v) is 2.89. The molecule has 0 bridgehead atoms. The van der Waals surface area contributed by atoms with Gasteiger partial charge in [0.25, 0.3) is 11.1 Å². The van der Waals surface area contributed by atoms with Gasteiger partial charge in [0.2, 0.25) is 0 Å². The zero-order valence-electron chi connectivity index (χ0n) is 10.5. The number of carbonyl (C=O) groups is 2.